The average molecular weight is 283 g/mol. The first-order valence-electron chi connectivity index (χ1n) is 6.67. The Kier molecular flexibility index (Phi) is 5.24. The van der Waals surface area contributed by atoms with Gasteiger partial charge < -0.3 is 11.1 Å². The van der Waals surface area contributed by atoms with E-state index in [1.54, 1.807) is 18.2 Å². The van der Waals surface area contributed by atoms with E-state index < -0.39 is 0 Å². The highest BCUT2D eigenvalue weighted by atomic mass is 35.5. The first-order valence-corrected chi connectivity index (χ1v) is 6.67. The second kappa shape index (κ2) is 6.29. The lowest BCUT2D eigenvalue weighted by Crippen LogP contribution is -2.48. The molecule has 1 amide bonds. The minimum atomic E-state index is -0.0613. The summed E-state index contributed by atoms with van der Waals surface area (Å²) < 4.78 is 0. The molecule has 0 radical (unpaired) electrons. The van der Waals surface area contributed by atoms with Crippen LogP contribution in [0.4, 0.5) is 5.69 Å². The van der Waals surface area contributed by atoms with E-state index in [4.69, 9.17) is 5.73 Å². The zero-order valence-electron chi connectivity index (χ0n) is 11.6. The Hall–Kier alpha value is -1.22. The molecule has 0 saturated heterocycles. The van der Waals surface area contributed by atoms with Crippen LogP contribution >= 0.6 is 12.4 Å². The first-order chi connectivity index (χ1) is 8.48. The normalized spacial score (nSPS) is 26.3. The number of hydrogen-bond acceptors (Lipinski definition) is 2. The highest BCUT2D eigenvalue weighted by Crippen LogP contribution is 2.31. The summed E-state index contributed by atoms with van der Waals surface area (Å²) in [5, 5.41) is 3.16. The topological polar surface area (TPSA) is 55.1 Å². The van der Waals surface area contributed by atoms with Crippen molar-refractivity contribution in [3.8, 4) is 0 Å². The molecule has 1 aliphatic carbocycles. The maximum atomic E-state index is 12.2. The molecule has 1 aromatic rings. The molecule has 1 aliphatic rings. The van der Waals surface area contributed by atoms with E-state index in [2.05, 4.69) is 19.2 Å². The molecule has 106 valence electrons. The van der Waals surface area contributed by atoms with Crippen molar-refractivity contribution in [1.82, 2.24) is 5.32 Å². The van der Waals surface area contributed by atoms with Gasteiger partial charge in [-0.1, -0.05) is 13.0 Å². The van der Waals surface area contributed by atoms with Crippen LogP contribution in [-0.2, 0) is 0 Å². The molecule has 3 N–H and O–H groups in total. The Morgan fingerprint density at radius 3 is 2.58 bits per heavy atom. The van der Waals surface area contributed by atoms with Crippen molar-refractivity contribution >= 4 is 24.0 Å². The van der Waals surface area contributed by atoms with Crippen LogP contribution in [-0.4, -0.2) is 11.4 Å². The molecule has 19 heavy (non-hydrogen) atoms. The zero-order valence-corrected chi connectivity index (χ0v) is 12.4. The summed E-state index contributed by atoms with van der Waals surface area (Å²) >= 11 is 0. The lowest BCUT2D eigenvalue weighted by molar-refractivity contribution is 0.0870. The van der Waals surface area contributed by atoms with Crippen LogP contribution < -0.4 is 11.1 Å². The van der Waals surface area contributed by atoms with Crippen molar-refractivity contribution in [3.05, 3.63) is 29.8 Å². The molecule has 1 saturated carbocycles. The van der Waals surface area contributed by atoms with E-state index in [1.807, 2.05) is 6.07 Å². The van der Waals surface area contributed by atoms with E-state index in [9.17, 15) is 4.79 Å². The molecule has 2 rings (SSSR count). The van der Waals surface area contributed by atoms with Gasteiger partial charge in [0.1, 0.15) is 0 Å². The molecule has 4 heteroatoms. The van der Waals surface area contributed by atoms with Crippen molar-refractivity contribution in [3.63, 3.8) is 0 Å². The molecule has 0 aromatic heterocycles. The molecule has 0 bridgehead atoms. The van der Waals surface area contributed by atoms with Gasteiger partial charge in [0.2, 0.25) is 0 Å². The van der Waals surface area contributed by atoms with Crippen LogP contribution in [0.5, 0.6) is 0 Å². The number of nitrogen functional groups attached to an aromatic ring is 1. The molecular formula is C15H23ClN2O. The van der Waals surface area contributed by atoms with Gasteiger partial charge in [0.05, 0.1) is 0 Å². The van der Waals surface area contributed by atoms with Gasteiger partial charge in [0.15, 0.2) is 0 Å². The summed E-state index contributed by atoms with van der Waals surface area (Å²) in [5.74, 6) is 0.765. The molecule has 3 nitrogen and oxygen atoms in total. The van der Waals surface area contributed by atoms with E-state index in [0.29, 0.717) is 11.3 Å². The number of carbonyl (C=O) groups is 1. The third-order valence-electron chi connectivity index (χ3n) is 3.94. The van der Waals surface area contributed by atoms with Gasteiger partial charge in [-0.05, 0) is 56.7 Å². The predicted octanol–water partition coefficient (Wildman–Crippen LogP) is 3.39. The fourth-order valence-electron chi connectivity index (χ4n) is 2.55. The van der Waals surface area contributed by atoms with Crippen molar-refractivity contribution in [1.29, 1.82) is 0 Å². The molecule has 0 aliphatic heterocycles. The lowest BCUT2D eigenvalue weighted by atomic mass is 9.78. The highest BCUT2D eigenvalue weighted by Gasteiger charge is 2.31. The predicted molar refractivity (Wildman–Crippen MR) is 81.6 cm³/mol. The number of hydrogen-bond donors (Lipinski definition) is 2. The van der Waals surface area contributed by atoms with Crippen LogP contribution in [0, 0.1) is 5.92 Å². The number of carbonyl (C=O) groups excluding carboxylic acids is 1. The van der Waals surface area contributed by atoms with Crippen LogP contribution in [0.2, 0.25) is 0 Å². The smallest absolute Gasteiger partial charge is 0.251 e. The number of nitrogens with one attached hydrogen (secondary N) is 1. The summed E-state index contributed by atoms with van der Waals surface area (Å²) in [5.41, 5.74) is 6.92. The van der Waals surface area contributed by atoms with E-state index in [-0.39, 0.29) is 23.9 Å². The monoisotopic (exact) mass is 282 g/mol. The molecule has 1 fully saturated rings. The van der Waals surface area contributed by atoms with Crippen LogP contribution in [0.3, 0.4) is 0 Å². The van der Waals surface area contributed by atoms with Crippen molar-refractivity contribution in [2.45, 2.75) is 45.1 Å². The van der Waals surface area contributed by atoms with Crippen molar-refractivity contribution in [2.24, 2.45) is 5.92 Å². The molecule has 1 aromatic carbocycles. The zero-order chi connectivity index (χ0) is 13.2. The highest BCUT2D eigenvalue weighted by molar-refractivity contribution is 5.95. The molecular weight excluding hydrogens is 260 g/mol. The van der Waals surface area contributed by atoms with Gasteiger partial charge in [-0.2, -0.15) is 0 Å². The minimum absolute atomic E-state index is 0. The van der Waals surface area contributed by atoms with Gasteiger partial charge in [-0.15, -0.1) is 12.4 Å². The van der Waals surface area contributed by atoms with Crippen molar-refractivity contribution < 1.29 is 4.79 Å². The fraction of sp³-hybridized carbons (Fsp3) is 0.533. The summed E-state index contributed by atoms with van der Waals surface area (Å²) in [7, 11) is 0. The second-order valence-corrected chi connectivity index (χ2v) is 5.82. The summed E-state index contributed by atoms with van der Waals surface area (Å²) in [4.78, 5) is 12.2. The molecule has 0 atom stereocenters. The van der Waals surface area contributed by atoms with E-state index >= 15 is 0 Å². The lowest BCUT2D eigenvalue weighted by Gasteiger charge is -2.37. The number of benzene rings is 1. The number of rotatable bonds is 2. The van der Waals surface area contributed by atoms with Crippen LogP contribution in [0.1, 0.15) is 49.9 Å². The van der Waals surface area contributed by atoms with Gasteiger partial charge in [0.25, 0.3) is 5.91 Å². The first kappa shape index (κ1) is 15.8. The number of amides is 1. The Morgan fingerprint density at radius 1 is 1.37 bits per heavy atom. The molecule has 0 spiro atoms. The Balaban J connectivity index is 0.00000180. The Morgan fingerprint density at radius 2 is 2.00 bits per heavy atom. The molecule has 0 unspecified atom stereocenters. The number of nitrogens with two attached hydrogens (primary N) is 1. The largest absolute Gasteiger partial charge is 0.399 e. The van der Waals surface area contributed by atoms with Gasteiger partial charge in [0, 0.05) is 16.8 Å². The summed E-state index contributed by atoms with van der Waals surface area (Å²) in [6, 6.07) is 7.14. The average Bonchev–Trinajstić information content (AvgIpc) is 2.33. The van der Waals surface area contributed by atoms with Crippen molar-refractivity contribution in [2.75, 3.05) is 5.73 Å². The third-order valence-corrected chi connectivity index (χ3v) is 3.94. The summed E-state index contributed by atoms with van der Waals surface area (Å²) in [6.45, 7) is 4.42. The molecule has 0 heterocycles. The van der Waals surface area contributed by atoms with E-state index in [0.717, 1.165) is 18.8 Å². The third kappa shape index (κ3) is 4.13. The maximum Gasteiger partial charge on any atom is 0.251 e. The van der Waals surface area contributed by atoms with Gasteiger partial charge >= 0.3 is 0 Å². The quantitative estimate of drug-likeness (QED) is 0.817. The number of anilines is 1. The Labute approximate surface area is 121 Å². The van der Waals surface area contributed by atoms with Gasteiger partial charge in [-0.3, -0.25) is 4.79 Å². The van der Waals surface area contributed by atoms with Gasteiger partial charge in [-0.25, -0.2) is 0 Å². The SMILES string of the molecule is CC1CCC(C)(NC(=O)c2cccc(N)c2)CC1.Cl. The fourth-order valence-corrected chi connectivity index (χ4v) is 2.55. The number of halogens is 1. The Bertz CT molecular complexity index is 440. The van der Waals surface area contributed by atoms with E-state index in [1.165, 1.54) is 12.8 Å². The standard InChI is InChI=1S/C15H22N2O.ClH/c1-11-6-8-15(2,9-7-11)17-14(18)12-4-3-5-13(16)10-12;/h3-5,10-11H,6-9,16H2,1-2H3,(H,17,18);1H. The van der Waals surface area contributed by atoms with Crippen LogP contribution in [0.25, 0.3) is 0 Å². The summed E-state index contributed by atoms with van der Waals surface area (Å²) in [6.07, 6.45) is 4.49. The minimum Gasteiger partial charge on any atom is -0.399 e. The second-order valence-electron chi connectivity index (χ2n) is 5.82. The maximum absolute atomic E-state index is 12.2. The van der Waals surface area contributed by atoms with Crippen LogP contribution in [0.15, 0.2) is 24.3 Å².